The van der Waals surface area contributed by atoms with E-state index < -0.39 is 11.8 Å². The van der Waals surface area contributed by atoms with Crippen LogP contribution in [0.4, 0.5) is 4.79 Å². The van der Waals surface area contributed by atoms with Crippen LogP contribution in [0.5, 0.6) is 5.75 Å². The van der Waals surface area contributed by atoms with Crippen LogP contribution >= 0.6 is 11.6 Å². The van der Waals surface area contributed by atoms with Crippen LogP contribution in [0.25, 0.3) is 22.8 Å². The first-order chi connectivity index (χ1) is 16.2. The van der Waals surface area contributed by atoms with Gasteiger partial charge in [-0.3, -0.25) is 4.90 Å². The average molecular weight is 486 g/mol. The van der Waals surface area contributed by atoms with Crippen molar-refractivity contribution in [1.29, 1.82) is 0 Å². The van der Waals surface area contributed by atoms with Crippen molar-refractivity contribution in [1.82, 2.24) is 15.0 Å². The maximum Gasteiger partial charge on any atom is 0.506 e. The summed E-state index contributed by atoms with van der Waals surface area (Å²) >= 11 is 6.33. The van der Waals surface area contributed by atoms with E-state index >= 15 is 0 Å². The molecule has 8 nitrogen and oxygen atoms in total. The van der Waals surface area contributed by atoms with Crippen molar-refractivity contribution in [3.63, 3.8) is 0 Å². The monoisotopic (exact) mass is 485 g/mol. The number of carboxylic acid groups (broad SMARTS) is 1. The van der Waals surface area contributed by atoms with Crippen LogP contribution in [-0.2, 0) is 11.3 Å². The molecule has 0 radical (unpaired) electrons. The quantitative estimate of drug-likeness (QED) is 0.413. The number of piperidine rings is 1. The Labute approximate surface area is 203 Å². The molecule has 0 aliphatic carbocycles. The molecule has 0 spiro atoms. The molecule has 180 valence electrons. The largest absolute Gasteiger partial charge is 0.506 e. The molecule has 0 atom stereocenters. The summed E-state index contributed by atoms with van der Waals surface area (Å²) in [7, 11) is 0. The predicted octanol–water partition coefficient (Wildman–Crippen LogP) is 5.89. The minimum Gasteiger partial charge on any atom is -0.489 e. The van der Waals surface area contributed by atoms with Gasteiger partial charge in [-0.2, -0.15) is 4.98 Å². The lowest BCUT2D eigenvalue weighted by Crippen LogP contribution is -2.44. The highest BCUT2D eigenvalue weighted by atomic mass is 35.5. The van der Waals surface area contributed by atoms with Crippen LogP contribution in [0.15, 0.2) is 47.0 Å². The molecule has 0 bridgehead atoms. The molecule has 0 saturated carbocycles. The van der Waals surface area contributed by atoms with E-state index in [1.807, 2.05) is 51.1 Å². The number of nitrogens with zero attached hydrogens (tertiary/aromatic N) is 3. The average Bonchev–Trinajstić information content (AvgIpc) is 3.27. The summed E-state index contributed by atoms with van der Waals surface area (Å²) in [6.07, 6.45) is 0.175. The van der Waals surface area contributed by atoms with E-state index in [-0.39, 0.29) is 6.10 Å². The first-order valence-electron chi connectivity index (χ1n) is 11.2. The first kappa shape index (κ1) is 24.0. The maximum absolute atomic E-state index is 10.9. The van der Waals surface area contributed by atoms with Gasteiger partial charge >= 0.3 is 6.16 Å². The van der Waals surface area contributed by atoms with Gasteiger partial charge in [0.15, 0.2) is 0 Å². The van der Waals surface area contributed by atoms with Crippen molar-refractivity contribution in [2.45, 2.75) is 51.9 Å². The lowest BCUT2D eigenvalue weighted by atomic mass is 9.93. The smallest absolute Gasteiger partial charge is 0.489 e. The normalized spacial score (nSPS) is 15.9. The lowest BCUT2D eigenvalue weighted by molar-refractivity contribution is -0.0454. The molecule has 0 unspecified atom stereocenters. The first-order valence-corrected chi connectivity index (χ1v) is 11.6. The van der Waals surface area contributed by atoms with Crippen molar-refractivity contribution < 1.29 is 23.9 Å². The molecule has 1 aliphatic rings. The third-order valence-corrected chi connectivity index (χ3v) is 6.13. The molecular weight excluding hydrogens is 458 g/mol. The topological polar surface area (TPSA) is 97.9 Å². The van der Waals surface area contributed by atoms with E-state index in [0.717, 1.165) is 36.3 Å². The minimum atomic E-state index is -1.21. The molecule has 9 heteroatoms. The summed E-state index contributed by atoms with van der Waals surface area (Å²) in [5.74, 6) is 1.50. The Hall–Kier alpha value is -3.10. The highest BCUT2D eigenvalue weighted by Crippen LogP contribution is 2.31. The number of ether oxygens (including phenoxy) is 2. The van der Waals surface area contributed by atoms with Crippen molar-refractivity contribution >= 4 is 17.8 Å². The number of aromatic nitrogens is 2. The van der Waals surface area contributed by atoms with Gasteiger partial charge in [0.1, 0.15) is 11.4 Å². The molecule has 4 rings (SSSR count). The van der Waals surface area contributed by atoms with Crippen LogP contribution < -0.4 is 4.74 Å². The Morgan fingerprint density at radius 2 is 1.85 bits per heavy atom. The fourth-order valence-corrected chi connectivity index (χ4v) is 4.18. The lowest BCUT2D eigenvalue weighted by Gasteiger charge is -2.38. The van der Waals surface area contributed by atoms with Gasteiger partial charge in [0.2, 0.25) is 5.82 Å². The molecule has 2 heterocycles. The van der Waals surface area contributed by atoms with Gasteiger partial charge in [0.25, 0.3) is 5.89 Å². The van der Waals surface area contributed by atoms with Gasteiger partial charge in [0, 0.05) is 30.8 Å². The Bertz CT molecular complexity index is 1140. The predicted molar refractivity (Wildman–Crippen MR) is 128 cm³/mol. The highest BCUT2D eigenvalue weighted by Gasteiger charge is 2.33. The van der Waals surface area contributed by atoms with Crippen molar-refractivity contribution in [3.05, 3.63) is 53.1 Å². The standard InChI is InChI=1S/C25H28ClN3O5/c1-16(2)32-21-9-8-19(14-20(21)26)23-27-22(28-34-23)18-6-4-17(5-7-18)15-29-12-10-25(3,11-13-29)33-24(30)31/h4-9,14,16H,10-13,15H2,1-3H3,(H,30,31). The van der Waals surface area contributed by atoms with E-state index in [9.17, 15) is 4.79 Å². The van der Waals surface area contributed by atoms with Crippen molar-refractivity contribution in [2.75, 3.05) is 13.1 Å². The van der Waals surface area contributed by atoms with Gasteiger partial charge in [0.05, 0.1) is 11.1 Å². The second-order valence-electron chi connectivity index (χ2n) is 9.03. The second kappa shape index (κ2) is 10.0. The number of carbonyl (C=O) groups is 1. The van der Waals surface area contributed by atoms with Crippen molar-refractivity contribution in [2.24, 2.45) is 0 Å². The molecule has 1 fully saturated rings. The van der Waals surface area contributed by atoms with Gasteiger partial charge in [-0.1, -0.05) is 41.0 Å². The third-order valence-electron chi connectivity index (χ3n) is 5.83. The number of likely N-dealkylation sites (tertiary alicyclic amines) is 1. The zero-order valence-corrected chi connectivity index (χ0v) is 20.2. The maximum atomic E-state index is 10.9. The number of rotatable bonds is 7. The zero-order valence-electron chi connectivity index (χ0n) is 19.5. The number of hydrogen-bond donors (Lipinski definition) is 1. The molecule has 2 aromatic carbocycles. The Kier molecular flexibility index (Phi) is 7.09. The van der Waals surface area contributed by atoms with Crippen LogP contribution in [0.2, 0.25) is 5.02 Å². The number of halogens is 1. The minimum absolute atomic E-state index is 0.0300. The van der Waals surface area contributed by atoms with Gasteiger partial charge in [-0.25, -0.2) is 4.79 Å². The number of hydrogen-bond acceptors (Lipinski definition) is 7. The van der Waals surface area contributed by atoms with E-state index in [2.05, 4.69) is 15.0 Å². The van der Waals surface area contributed by atoms with Crippen LogP contribution in [-0.4, -0.2) is 51.1 Å². The molecule has 34 heavy (non-hydrogen) atoms. The summed E-state index contributed by atoms with van der Waals surface area (Å²) in [6.45, 7) is 8.09. The van der Waals surface area contributed by atoms with E-state index in [1.54, 1.807) is 12.1 Å². The molecule has 0 amide bonds. The summed E-state index contributed by atoms with van der Waals surface area (Å²) in [4.78, 5) is 17.7. The van der Waals surface area contributed by atoms with Crippen LogP contribution in [0.1, 0.15) is 39.2 Å². The fraction of sp³-hybridized carbons (Fsp3) is 0.400. The second-order valence-corrected chi connectivity index (χ2v) is 9.43. The molecule has 1 N–H and O–H groups in total. The summed E-state index contributed by atoms with van der Waals surface area (Å²) in [5, 5.41) is 13.5. The Morgan fingerprint density at radius 1 is 1.18 bits per heavy atom. The molecule has 1 saturated heterocycles. The molecular formula is C25H28ClN3O5. The SMILES string of the molecule is CC(C)Oc1ccc(-c2nc(-c3ccc(CN4CCC(C)(OC(=O)O)CC4)cc3)no2)cc1Cl. The summed E-state index contributed by atoms with van der Waals surface area (Å²) < 4.78 is 16.2. The summed E-state index contributed by atoms with van der Waals surface area (Å²) in [6, 6.07) is 13.4. The molecule has 3 aromatic rings. The van der Waals surface area contributed by atoms with Gasteiger partial charge in [-0.15, -0.1) is 0 Å². The summed E-state index contributed by atoms with van der Waals surface area (Å²) in [5.41, 5.74) is 2.13. The van der Waals surface area contributed by atoms with Crippen LogP contribution in [0.3, 0.4) is 0 Å². The Balaban J connectivity index is 1.38. The molecule has 1 aromatic heterocycles. The van der Waals surface area contributed by atoms with Crippen molar-refractivity contribution in [3.8, 4) is 28.6 Å². The van der Waals surface area contributed by atoms with Gasteiger partial charge < -0.3 is 19.1 Å². The van der Waals surface area contributed by atoms with E-state index in [0.29, 0.717) is 35.3 Å². The third kappa shape index (κ3) is 5.87. The van der Waals surface area contributed by atoms with E-state index in [1.165, 1.54) is 0 Å². The Morgan fingerprint density at radius 3 is 2.47 bits per heavy atom. The van der Waals surface area contributed by atoms with Gasteiger partial charge in [-0.05, 0) is 57.4 Å². The number of benzene rings is 2. The zero-order chi connectivity index (χ0) is 24.3. The highest BCUT2D eigenvalue weighted by molar-refractivity contribution is 6.32. The van der Waals surface area contributed by atoms with E-state index in [4.69, 9.17) is 30.7 Å². The molecule has 1 aliphatic heterocycles. The fourth-order valence-electron chi connectivity index (χ4n) is 3.96. The van der Waals surface area contributed by atoms with Crippen LogP contribution in [0, 0.1) is 0 Å².